The third kappa shape index (κ3) is 4.81. The lowest BCUT2D eigenvalue weighted by molar-refractivity contribution is -0.138. The Morgan fingerprint density at radius 1 is 1.21 bits per heavy atom. The van der Waals surface area contributed by atoms with Gasteiger partial charge in [-0.25, -0.2) is 0 Å². The second-order valence-electron chi connectivity index (χ2n) is 7.09. The minimum absolute atomic E-state index is 0.00721. The zero-order valence-electron chi connectivity index (χ0n) is 15.6. The Kier molecular flexibility index (Phi) is 6.54. The van der Waals surface area contributed by atoms with Crippen molar-refractivity contribution in [3.63, 3.8) is 0 Å². The minimum atomic E-state index is -4.37. The molecule has 2 aliphatic rings. The van der Waals surface area contributed by atoms with Crippen molar-refractivity contribution in [3.05, 3.63) is 35.4 Å². The fraction of sp³-hybridized carbons (Fsp3) is 0.579. The Hall–Kier alpha value is -1.74. The van der Waals surface area contributed by atoms with Crippen LogP contribution in [0.4, 0.5) is 13.2 Å². The SMILES string of the molecule is COCC(=O)N1CCC(CN2C(=O)CSC2c2ccc(C(F)(F)F)cc2)CC1. The molecule has 2 amide bonds. The lowest BCUT2D eigenvalue weighted by Gasteiger charge is -2.35. The quantitative estimate of drug-likeness (QED) is 0.740. The number of rotatable bonds is 5. The summed E-state index contributed by atoms with van der Waals surface area (Å²) in [7, 11) is 1.49. The van der Waals surface area contributed by atoms with Crippen molar-refractivity contribution in [2.24, 2.45) is 5.92 Å². The molecule has 2 aliphatic heterocycles. The van der Waals surface area contributed by atoms with E-state index in [-0.39, 0.29) is 29.7 Å². The minimum Gasteiger partial charge on any atom is -0.375 e. The van der Waals surface area contributed by atoms with E-state index in [9.17, 15) is 22.8 Å². The lowest BCUT2D eigenvalue weighted by atomic mass is 9.95. The summed E-state index contributed by atoms with van der Waals surface area (Å²) in [6.07, 6.45) is -2.78. The first-order valence-electron chi connectivity index (χ1n) is 9.14. The molecule has 0 radical (unpaired) electrons. The number of hydrogen-bond donors (Lipinski definition) is 0. The second kappa shape index (κ2) is 8.73. The highest BCUT2D eigenvalue weighted by Gasteiger charge is 2.36. The largest absolute Gasteiger partial charge is 0.416 e. The average molecular weight is 416 g/mol. The van der Waals surface area contributed by atoms with Crippen LogP contribution in [-0.4, -0.2) is 60.7 Å². The van der Waals surface area contributed by atoms with E-state index in [0.29, 0.717) is 31.0 Å². The van der Waals surface area contributed by atoms with Crippen LogP contribution in [0, 0.1) is 5.92 Å². The molecule has 0 saturated carbocycles. The Balaban J connectivity index is 1.61. The van der Waals surface area contributed by atoms with Crippen molar-refractivity contribution in [3.8, 4) is 0 Å². The fourth-order valence-electron chi connectivity index (χ4n) is 3.62. The molecule has 2 saturated heterocycles. The zero-order chi connectivity index (χ0) is 20.3. The number of piperidine rings is 1. The predicted octanol–water partition coefficient (Wildman–Crippen LogP) is 3.16. The monoisotopic (exact) mass is 416 g/mol. The van der Waals surface area contributed by atoms with Crippen LogP contribution in [0.15, 0.2) is 24.3 Å². The van der Waals surface area contributed by atoms with Crippen LogP contribution in [0.1, 0.15) is 29.3 Å². The van der Waals surface area contributed by atoms with E-state index in [2.05, 4.69) is 0 Å². The van der Waals surface area contributed by atoms with Gasteiger partial charge in [-0.15, -0.1) is 11.8 Å². The normalized spacial score (nSPS) is 21.4. The summed E-state index contributed by atoms with van der Waals surface area (Å²) in [5.41, 5.74) is 0.0155. The molecule has 154 valence electrons. The number of thioether (sulfide) groups is 1. The molecular formula is C19H23F3N2O3S. The summed E-state index contributed by atoms with van der Waals surface area (Å²) < 4.78 is 43.2. The summed E-state index contributed by atoms with van der Waals surface area (Å²) in [4.78, 5) is 27.8. The molecule has 0 bridgehead atoms. The van der Waals surface area contributed by atoms with E-state index in [4.69, 9.17) is 4.74 Å². The van der Waals surface area contributed by atoms with Crippen LogP contribution >= 0.6 is 11.8 Å². The van der Waals surface area contributed by atoms with E-state index < -0.39 is 11.7 Å². The molecule has 5 nitrogen and oxygen atoms in total. The zero-order valence-corrected chi connectivity index (χ0v) is 16.4. The lowest BCUT2D eigenvalue weighted by Crippen LogP contribution is -2.43. The second-order valence-corrected chi connectivity index (χ2v) is 8.15. The topological polar surface area (TPSA) is 49.9 Å². The molecule has 0 N–H and O–H groups in total. The predicted molar refractivity (Wildman–Crippen MR) is 99.5 cm³/mol. The molecule has 0 spiro atoms. The van der Waals surface area contributed by atoms with Crippen LogP contribution in [0.3, 0.4) is 0 Å². The molecule has 2 heterocycles. The van der Waals surface area contributed by atoms with Crippen LogP contribution < -0.4 is 0 Å². The first-order valence-corrected chi connectivity index (χ1v) is 10.2. The first kappa shape index (κ1) is 21.0. The number of amides is 2. The molecule has 2 fully saturated rings. The van der Waals surface area contributed by atoms with Gasteiger partial charge in [0.1, 0.15) is 12.0 Å². The van der Waals surface area contributed by atoms with Crippen LogP contribution in [-0.2, 0) is 20.5 Å². The van der Waals surface area contributed by atoms with Crippen LogP contribution in [0.5, 0.6) is 0 Å². The van der Waals surface area contributed by atoms with Gasteiger partial charge in [0.15, 0.2) is 0 Å². The number of likely N-dealkylation sites (tertiary alicyclic amines) is 1. The summed E-state index contributed by atoms with van der Waals surface area (Å²) >= 11 is 1.44. The van der Waals surface area contributed by atoms with Gasteiger partial charge < -0.3 is 14.5 Å². The van der Waals surface area contributed by atoms with Gasteiger partial charge >= 0.3 is 6.18 Å². The highest BCUT2D eigenvalue weighted by molar-refractivity contribution is 8.00. The maximum absolute atomic E-state index is 12.8. The van der Waals surface area contributed by atoms with Gasteiger partial charge in [0.25, 0.3) is 0 Å². The first-order chi connectivity index (χ1) is 13.3. The summed E-state index contributed by atoms with van der Waals surface area (Å²) in [6, 6.07) is 5.05. The third-order valence-electron chi connectivity index (χ3n) is 5.18. The number of carbonyl (C=O) groups excluding carboxylic acids is 2. The van der Waals surface area contributed by atoms with Gasteiger partial charge in [0.05, 0.1) is 11.3 Å². The number of methoxy groups -OCH3 is 1. The number of nitrogens with zero attached hydrogens (tertiary/aromatic N) is 2. The van der Waals surface area contributed by atoms with Crippen molar-refractivity contribution < 1.29 is 27.5 Å². The molecule has 1 aromatic carbocycles. The number of halogens is 3. The Bertz CT molecular complexity index is 703. The number of benzene rings is 1. The summed E-state index contributed by atoms with van der Waals surface area (Å²) in [5, 5.41) is -0.261. The average Bonchev–Trinajstić information content (AvgIpc) is 3.02. The third-order valence-corrected chi connectivity index (χ3v) is 6.44. The van der Waals surface area contributed by atoms with Crippen molar-refractivity contribution in [1.82, 2.24) is 9.80 Å². The van der Waals surface area contributed by atoms with Crippen molar-refractivity contribution in [2.45, 2.75) is 24.4 Å². The van der Waals surface area contributed by atoms with Gasteiger partial charge in [0.2, 0.25) is 11.8 Å². The molecule has 1 aromatic rings. The number of ether oxygens (including phenoxy) is 1. The standard InChI is InChI=1S/C19H23F3N2O3S/c1-27-11-16(25)23-8-6-13(7-9-23)10-24-17(26)12-28-18(24)14-2-4-15(5-3-14)19(20,21)22/h2-5,13,18H,6-12H2,1H3. The van der Waals surface area contributed by atoms with E-state index in [1.54, 1.807) is 9.80 Å². The van der Waals surface area contributed by atoms with Gasteiger partial charge in [-0.1, -0.05) is 12.1 Å². The fourth-order valence-corrected chi connectivity index (χ4v) is 4.82. The van der Waals surface area contributed by atoms with Crippen molar-refractivity contribution in [1.29, 1.82) is 0 Å². The number of hydrogen-bond acceptors (Lipinski definition) is 4. The van der Waals surface area contributed by atoms with E-state index in [1.807, 2.05) is 0 Å². The van der Waals surface area contributed by atoms with Gasteiger partial charge in [-0.05, 0) is 36.5 Å². The van der Waals surface area contributed by atoms with Crippen LogP contribution in [0.2, 0.25) is 0 Å². The van der Waals surface area contributed by atoms with E-state index in [0.717, 1.165) is 25.0 Å². The highest BCUT2D eigenvalue weighted by atomic mass is 32.2. The molecular weight excluding hydrogens is 393 g/mol. The van der Waals surface area contributed by atoms with Gasteiger partial charge in [0, 0.05) is 26.7 Å². The molecule has 0 aliphatic carbocycles. The van der Waals surface area contributed by atoms with E-state index >= 15 is 0 Å². The molecule has 1 atom stereocenters. The maximum atomic E-state index is 12.8. The summed E-state index contributed by atoms with van der Waals surface area (Å²) in [5.74, 6) is 0.576. The van der Waals surface area contributed by atoms with Crippen LogP contribution in [0.25, 0.3) is 0 Å². The molecule has 1 unspecified atom stereocenters. The number of alkyl halides is 3. The van der Waals surface area contributed by atoms with Gasteiger partial charge in [-0.3, -0.25) is 9.59 Å². The van der Waals surface area contributed by atoms with Crippen molar-refractivity contribution in [2.75, 3.05) is 39.1 Å². The molecule has 9 heteroatoms. The van der Waals surface area contributed by atoms with Gasteiger partial charge in [-0.2, -0.15) is 13.2 Å². The Morgan fingerprint density at radius 3 is 2.43 bits per heavy atom. The smallest absolute Gasteiger partial charge is 0.375 e. The molecule has 3 rings (SSSR count). The molecule has 28 heavy (non-hydrogen) atoms. The number of carbonyl (C=O) groups is 2. The van der Waals surface area contributed by atoms with E-state index in [1.165, 1.54) is 31.0 Å². The Labute approximate surface area is 166 Å². The van der Waals surface area contributed by atoms with Crippen molar-refractivity contribution >= 4 is 23.6 Å². The maximum Gasteiger partial charge on any atom is 0.416 e. The Morgan fingerprint density at radius 2 is 1.86 bits per heavy atom. The highest BCUT2D eigenvalue weighted by Crippen LogP contribution is 2.40. The summed E-state index contributed by atoms with van der Waals surface area (Å²) in [6.45, 7) is 1.89. The molecule has 0 aromatic heterocycles.